The smallest absolute Gasteiger partial charge is 0.339 e. The van der Waals surface area contributed by atoms with Gasteiger partial charge in [0.15, 0.2) is 0 Å². The minimum absolute atomic E-state index is 0.0556. The van der Waals surface area contributed by atoms with E-state index in [0.717, 1.165) is 24.2 Å². The van der Waals surface area contributed by atoms with Gasteiger partial charge in [0, 0.05) is 18.7 Å². The zero-order valence-electron chi connectivity index (χ0n) is 16.6. The number of hydrogen-bond acceptors (Lipinski definition) is 4. The SMILES string of the molecule is Cc1c(C(=O)O)cnn1C1CCN(C(=O)Cc2ccccc2OC(C)C)CC1. The van der Waals surface area contributed by atoms with Crippen LogP contribution < -0.4 is 4.74 Å². The molecule has 0 atom stereocenters. The van der Waals surface area contributed by atoms with Crippen molar-refractivity contribution in [1.82, 2.24) is 14.7 Å². The van der Waals surface area contributed by atoms with Crippen LogP contribution in [0.3, 0.4) is 0 Å². The van der Waals surface area contributed by atoms with Crippen LogP contribution in [-0.4, -0.2) is 50.9 Å². The van der Waals surface area contributed by atoms with Gasteiger partial charge in [-0.05, 0) is 39.7 Å². The summed E-state index contributed by atoms with van der Waals surface area (Å²) >= 11 is 0. The number of aromatic carboxylic acids is 1. The number of rotatable bonds is 6. The number of para-hydroxylation sites is 1. The molecule has 1 aliphatic heterocycles. The van der Waals surface area contributed by atoms with Crippen molar-refractivity contribution in [3.8, 4) is 5.75 Å². The van der Waals surface area contributed by atoms with E-state index in [2.05, 4.69) is 5.10 Å². The van der Waals surface area contributed by atoms with Crippen molar-refractivity contribution in [1.29, 1.82) is 0 Å². The van der Waals surface area contributed by atoms with Gasteiger partial charge in [-0.15, -0.1) is 0 Å². The van der Waals surface area contributed by atoms with E-state index in [0.29, 0.717) is 25.2 Å². The minimum Gasteiger partial charge on any atom is -0.491 e. The van der Waals surface area contributed by atoms with E-state index in [1.165, 1.54) is 6.20 Å². The van der Waals surface area contributed by atoms with Gasteiger partial charge in [0.25, 0.3) is 0 Å². The van der Waals surface area contributed by atoms with Crippen LogP contribution in [0.2, 0.25) is 0 Å². The molecule has 1 saturated heterocycles. The Hall–Kier alpha value is -2.83. The maximum absolute atomic E-state index is 12.8. The summed E-state index contributed by atoms with van der Waals surface area (Å²) in [6, 6.07) is 7.78. The first-order valence-corrected chi connectivity index (χ1v) is 9.66. The zero-order valence-corrected chi connectivity index (χ0v) is 16.6. The first kappa shape index (κ1) is 19.9. The normalized spacial score (nSPS) is 15.1. The largest absolute Gasteiger partial charge is 0.491 e. The molecule has 1 fully saturated rings. The van der Waals surface area contributed by atoms with Crippen molar-refractivity contribution < 1.29 is 19.4 Å². The van der Waals surface area contributed by atoms with Crippen LogP contribution in [0.25, 0.3) is 0 Å². The predicted molar refractivity (Wildman–Crippen MR) is 105 cm³/mol. The third-order valence-corrected chi connectivity index (χ3v) is 5.12. The number of benzene rings is 1. The number of amides is 1. The van der Waals surface area contributed by atoms with Crippen LogP contribution in [-0.2, 0) is 11.2 Å². The quantitative estimate of drug-likeness (QED) is 0.826. The van der Waals surface area contributed by atoms with E-state index in [4.69, 9.17) is 4.74 Å². The predicted octanol–water partition coefficient (Wildman–Crippen LogP) is 3.08. The summed E-state index contributed by atoms with van der Waals surface area (Å²) in [5.74, 6) is -0.116. The molecule has 1 aromatic carbocycles. The fourth-order valence-corrected chi connectivity index (χ4v) is 3.65. The Balaban J connectivity index is 1.61. The molecule has 0 unspecified atom stereocenters. The maximum Gasteiger partial charge on any atom is 0.339 e. The minimum atomic E-state index is -0.960. The lowest BCUT2D eigenvalue weighted by atomic mass is 10.0. The zero-order chi connectivity index (χ0) is 20.3. The highest BCUT2D eigenvalue weighted by molar-refractivity contribution is 5.88. The topological polar surface area (TPSA) is 84.7 Å². The van der Waals surface area contributed by atoms with Crippen molar-refractivity contribution in [2.24, 2.45) is 0 Å². The van der Waals surface area contributed by atoms with Gasteiger partial charge in [0.2, 0.25) is 5.91 Å². The van der Waals surface area contributed by atoms with Crippen LogP contribution in [0.5, 0.6) is 5.75 Å². The second-order valence-electron chi connectivity index (χ2n) is 7.46. The van der Waals surface area contributed by atoms with Gasteiger partial charge in [0.05, 0.1) is 30.5 Å². The van der Waals surface area contributed by atoms with Crippen molar-refractivity contribution in [2.75, 3.05) is 13.1 Å². The number of carboxylic acid groups (broad SMARTS) is 1. The summed E-state index contributed by atoms with van der Waals surface area (Å²) in [6.07, 6.45) is 3.30. The van der Waals surface area contributed by atoms with Gasteiger partial charge in [-0.3, -0.25) is 9.48 Å². The van der Waals surface area contributed by atoms with Crippen LogP contribution in [0.15, 0.2) is 30.5 Å². The standard InChI is InChI=1S/C21H27N3O4/c1-14(2)28-19-7-5-4-6-16(19)12-20(25)23-10-8-17(9-11-23)24-15(3)18(13-22-24)21(26)27/h4-7,13-14,17H,8-12H2,1-3H3,(H,26,27). The van der Waals surface area contributed by atoms with Gasteiger partial charge < -0.3 is 14.7 Å². The molecule has 2 heterocycles. The van der Waals surface area contributed by atoms with Crippen molar-refractivity contribution >= 4 is 11.9 Å². The molecule has 0 saturated carbocycles. The van der Waals surface area contributed by atoms with Gasteiger partial charge in [-0.2, -0.15) is 5.10 Å². The molecule has 7 nitrogen and oxygen atoms in total. The molecule has 1 N–H and O–H groups in total. The summed E-state index contributed by atoms with van der Waals surface area (Å²) in [7, 11) is 0. The van der Waals surface area contributed by atoms with E-state index in [1.807, 2.05) is 43.0 Å². The second-order valence-corrected chi connectivity index (χ2v) is 7.46. The molecule has 1 amide bonds. The fraction of sp³-hybridized carbons (Fsp3) is 0.476. The highest BCUT2D eigenvalue weighted by Crippen LogP contribution is 2.26. The van der Waals surface area contributed by atoms with E-state index < -0.39 is 5.97 Å². The number of carbonyl (C=O) groups excluding carboxylic acids is 1. The second kappa shape index (κ2) is 8.46. The molecule has 3 rings (SSSR count). The molecule has 0 spiro atoms. The number of aromatic nitrogens is 2. The Morgan fingerprint density at radius 1 is 1.25 bits per heavy atom. The van der Waals surface area contributed by atoms with Crippen molar-refractivity contribution in [2.45, 2.75) is 52.2 Å². The molecular formula is C21H27N3O4. The van der Waals surface area contributed by atoms with Gasteiger partial charge in [-0.25, -0.2) is 4.79 Å². The molecule has 2 aromatic rings. The third kappa shape index (κ3) is 4.35. The van der Waals surface area contributed by atoms with E-state index in [9.17, 15) is 14.7 Å². The average Bonchev–Trinajstić information content (AvgIpc) is 3.04. The van der Waals surface area contributed by atoms with Gasteiger partial charge in [0.1, 0.15) is 11.3 Å². The third-order valence-electron chi connectivity index (χ3n) is 5.12. The summed E-state index contributed by atoms with van der Waals surface area (Å²) < 4.78 is 7.60. The first-order chi connectivity index (χ1) is 13.4. The number of piperidine rings is 1. The highest BCUT2D eigenvalue weighted by atomic mass is 16.5. The Morgan fingerprint density at radius 3 is 2.54 bits per heavy atom. The summed E-state index contributed by atoms with van der Waals surface area (Å²) in [5, 5.41) is 13.4. The number of ether oxygens (including phenoxy) is 1. The van der Waals surface area contributed by atoms with E-state index >= 15 is 0 Å². The fourth-order valence-electron chi connectivity index (χ4n) is 3.65. The molecule has 150 valence electrons. The lowest BCUT2D eigenvalue weighted by Gasteiger charge is -2.33. The van der Waals surface area contributed by atoms with Gasteiger partial charge >= 0.3 is 5.97 Å². The van der Waals surface area contributed by atoms with E-state index in [1.54, 1.807) is 11.6 Å². The van der Waals surface area contributed by atoms with Crippen molar-refractivity contribution in [3.05, 3.63) is 47.3 Å². The lowest BCUT2D eigenvalue weighted by Crippen LogP contribution is -2.40. The van der Waals surface area contributed by atoms with Crippen LogP contribution in [0, 0.1) is 6.92 Å². The Labute approximate surface area is 164 Å². The highest BCUT2D eigenvalue weighted by Gasteiger charge is 2.27. The number of hydrogen-bond donors (Lipinski definition) is 1. The summed E-state index contributed by atoms with van der Waals surface area (Å²) in [6.45, 7) is 6.99. The van der Waals surface area contributed by atoms with E-state index in [-0.39, 0.29) is 23.6 Å². The molecule has 28 heavy (non-hydrogen) atoms. The Morgan fingerprint density at radius 2 is 1.93 bits per heavy atom. The Kier molecular flexibility index (Phi) is 6.02. The number of carboxylic acids is 1. The molecule has 7 heteroatoms. The number of carbonyl (C=O) groups is 2. The van der Waals surface area contributed by atoms with Crippen LogP contribution in [0.1, 0.15) is 54.3 Å². The molecule has 0 aliphatic carbocycles. The molecule has 0 bridgehead atoms. The molecule has 1 aliphatic rings. The lowest BCUT2D eigenvalue weighted by molar-refractivity contribution is -0.131. The first-order valence-electron chi connectivity index (χ1n) is 9.66. The molecule has 1 aromatic heterocycles. The Bertz CT molecular complexity index is 851. The number of likely N-dealkylation sites (tertiary alicyclic amines) is 1. The van der Waals surface area contributed by atoms with Crippen LogP contribution in [0.4, 0.5) is 0 Å². The maximum atomic E-state index is 12.8. The number of nitrogens with zero attached hydrogens (tertiary/aromatic N) is 3. The monoisotopic (exact) mass is 385 g/mol. The molecule has 0 radical (unpaired) electrons. The van der Waals surface area contributed by atoms with Crippen molar-refractivity contribution in [3.63, 3.8) is 0 Å². The summed E-state index contributed by atoms with van der Waals surface area (Å²) in [5.41, 5.74) is 1.80. The molecular weight excluding hydrogens is 358 g/mol. The summed E-state index contributed by atoms with van der Waals surface area (Å²) in [4.78, 5) is 25.9. The van der Waals surface area contributed by atoms with Gasteiger partial charge in [-0.1, -0.05) is 18.2 Å². The average molecular weight is 385 g/mol. The van der Waals surface area contributed by atoms with Crippen LogP contribution >= 0.6 is 0 Å².